The molecule has 0 unspecified atom stereocenters. The molecule has 2 N–H and O–H groups in total. The van der Waals surface area contributed by atoms with E-state index in [1.54, 1.807) is 6.08 Å². The van der Waals surface area contributed by atoms with Crippen molar-refractivity contribution >= 4 is 28.9 Å². The van der Waals surface area contributed by atoms with Gasteiger partial charge in [-0.05, 0) is 49.2 Å². The lowest BCUT2D eigenvalue weighted by Crippen LogP contribution is -2.41. The Balaban J connectivity index is 1.54. The van der Waals surface area contributed by atoms with Crippen LogP contribution in [-0.2, 0) is 23.1 Å². The number of imidazole rings is 1. The maximum atomic E-state index is 12.2. The molecule has 0 radical (unpaired) electrons. The smallest absolute Gasteiger partial charge is 0.262 e. The molecular weight excluding hydrogens is 420 g/mol. The maximum absolute atomic E-state index is 12.2. The highest BCUT2D eigenvalue weighted by atomic mass is 16.5. The van der Waals surface area contributed by atoms with Gasteiger partial charge < -0.3 is 14.0 Å². The van der Waals surface area contributed by atoms with Crippen molar-refractivity contribution in [3.8, 4) is 11.5 Å². The van der Waals surface area contributed by atoms with E-state index in [1.165, 1.54) is 6.08 Å². The molecule has 33 heavy (non-hydrogen) atoms. The molecule has 8 nitrogen and oxygen atoms in total. The highest BCUT2D eigenvalue weighted by molar-refractivity contribution is 5.93. The number of para-hydroxylation sites is 2. The number of aryl methyl sites for hydroxylation is 1. The third-order valence-corrected chi connectivity index (χ3v) is 4.97. The van der Waals surface area contributed by atoms with Crippen LogP contribution in [0.3, 0.4) is 0 Å². The van der Waals surface area contributed by atoms with E-state index in [1.807, 2.05) is 61.0 Å². The lowest BCUT2D eigenvalue weighted by molar-refractivity contribution is -0.126. The quantitative estimate of drug-likeness (QED) is 0.280. The number of rotatable bonds is 10. The predicted octanol–water partition coefficient (Wildman–Crippen LogP) is 3.55. The first-order valence-electron chi connectivity index (χ1n) is 11.1. The minimum atomic E-state index is -0.449. The Morgan fingerprint density at radius 2 is 1.88 bits per heavy atom. The van der Waals surface area contributed by atoms with Crippen molar-refractivity contribution in [1.82, 2.24) is 20.4 Å². The van der Waals surface area contributed by atoms with Gasteiger partial charge in [-0.15, -0.1) is 0 Å². The standard InChI is InChI=1S/C25H30N4O4/c1-4-6-15-33-21-13-11-18(16-22(21)32-5-2)12-14-24(30)27-28-25(31)17-23-26-19-9-7-8-10-20(19)29(23)3/h7-14,16H,4-6,15,17H2,1-3H3,(H,27,30)(H,28,31). The molecule has 1 aromatic heterocycles. The summed E-state index contributed by atoms with van der Waals surface area (Å²) in [6.07, 6.45) is 5.06. The summed E-state index contributed by atoms with van der Waals surface area (Å²) in [5.41, 5.74) is 7.36. The first-order chi connectivity index (χ1) is 16.0. The molecule has 8 heteroatoms. The molecule has 3 rings (SSSR count). The summed E-state index contributed by atoms with van der Waals surface area (Å²) in [6.45, 7) is 5.15. The van der Waals surface area contributed by atoms with Crippen LogP contribution in [0, 0.1) is 0 Å². The second kappa shape index (κ2) is 11.7. The van der Waals surface area contributed by atoms with Crippen molar-refractivity contribution in [2.24, 2.45) is 7.05 Å². The van der Waals surface area contributed by atoms with Gasteiger partial charge in [0.2, 0.25) is 5.91 Å². The van der Waals surface area contributed by atoms with E-state index in [0.29, 0.717) is 30.5 Å². The van der Waals surface area contributed by atoms with Gasteiger partial charge in [-0.2, -0.15) is 0 Å². The van der Waals surface area contributed by atoms with Crippen molar-refractivity contribution in [3.63, 3.8) is 0 Å². The number of carbonyl (C=O) groups excluding carboxylic acids is 2. The number of amides is 2. The molecule has 0 aliphatic rings. The number of nitrogens with one attached hydrogen (secondary N) is 2. The number of nitrogens with zero attached hydrogens (tertiary/aromatic N) is 2. The van der Waals surface area contributed by atoms with Gasteiger partial charge in [0.05, 0.1) is 30.7 Å². The van der Waals surface area contributed by atoms with Gasteiger partial charge in [-0.1, -0.05) is 31.5 Å². The second-order valence-corrected chi connectivity index (χ2v) is 7.46. The van der Waals surface area contributed by atoms with Gasteiger partial charge in [0, 0.05) is 13.1 Å². The summed E-state index contributed by atoms with van der Waals surface area (Å²) in [5.74, 6) is 1.12. The molecule has 0 atom stereocenters. The van der Waals surface area contributed by atoms with Crippen LogP contribution in [0.5, 0.6) is 11.5 Å². The SMILES string of the molecule is CCCCOc1ccc(C=CC(=O)NNC(=O)Cc2nc3ccccc3n2C)cc1OCC. The Kier molecular flexibility index (Phi) is 8.46. The predicted molar refractivity (Wildman–Crippen MR) is 128 cm³/mol. The summed E-state index contributed by atoms with van der Waals surface area (Å²) in [6, 6.07) is 13.1. The monoisotopic (exact) mass is 450 g/mol. The maximum Gasteiger partial charge on any atom is 0.262 e. The highest BCUT2D eigenvalue weighted by Gasteiger charge is 2.12. The molecule has 0 aliphatic carbocycles. The fourth-order valence-corrected chi connectivity index (χ4v) is 3.23. The minimum Gasteiger partial charge on any atom is -0.490 e. The van der Waals surface area contributed by atoms with Crippen LogP contribution in [0.2, 0.25) is 0 Å². The molecule has 174 valence electrons. The van der Waals surface area contributed by atoms with Crippen LogP contribution in [-0.4, -0.2) is 34.6 Å². The Morgan fingerprint density at radius 1 is 1.06 bits per heavy atom. The number of hydrazine groups is 1. The Labute approximate surface area is 193 Å². The largest absolute Gasteiger partial charge is 0.490 e. The van der Waals surface area contributed by atoms with Crippen LogP contribution in [0.1, 0.15) is 38.1 Å². The molecule has 1 heterocycles. The lowest BCUT2D eigenvalue weighted by Gasteiger charge is -2.12. The van der Waals surface area contributed by atoms with Gasteiger partial charge in [-0.25, -0.2) is 4.98 Å². The molecule has 2 amide bonds. The van der Waals surface area contributed by atoms with Crippen molar-refractivity contribution in [2.45, 2.75) is 33.1 Å². The van der Waals surface area contributed by atoms with E-state index < -0.39 is 5.91 Å². The van der Waals surface area contributed by atoms with E-state index in [4.69, 9.17) is 9.47 Å². The third kappa shape index (κ3) is 6.58. The zero-order chi connectivity index (χ0) is 23.6. The van der Waals surface area contributed by atoms with Crippen LogP contribution >= 0.6 is 0 Å². The highest BCUT2D eigenvalue weighted by Crippen LogP contribution is 2.29. The second-order valence-electron chi connectivity index (χ2n) is 7.46. The first-order valence-corrected chi connectivity index (χ1v) is 11.1. The topological polar surface area (TPSA) is 94.5 Å². The van der Waals surface area contributed by atoms with Crippen LogP contribution in [0.15, 0.2) is 48.5 Å². The van der Waals surface area contributed by atoms with E-state index in [2.05, 4.69) is 22.8 Å². The van der Waals surface area contributed by atoms with Gasteiger partial charge >= 0.3 is 0 Å². The van der Waals surface area contributed by atoms with Crippen molar-refractivity contribution in [3.05, 3.63) is 59.9 Å². The average Bonchev–Trinajstić information content (AvgIpc) is 3.13. The van der Waals surface area contributed by atoms with Crippen LogP contribution in [0.25, 0.3) is 17.1 Å². The molecule has 0 aliphatic heterocycles. The van der Waals surface area contributed by atoms with Crippen molar-refractivity contribution in [2.75, 3.05) is 13.2 Å². The van der Waals surface area contributed by atoms with Crippen molar-refractivity contribution < 1.29 is 19.1 Å². The zero-order valence-corrected chi connectivity index (χ0v) is 19.3. The number of ether oxygens (including phenoxy) is 2. The number of aromatic nitrogens is 2. The summed E-state index contributed by atoms with van der Waals surface area (Å²) >= 11 is 0. The normalized spacial score (nSPS) is 11.0. The van der Waals surface area contributed by atoms with Crippen LogP contribution in [0.4, 0.5) is 0 Å². The molecule has 0 saturated carbocycles. The molecule has 0 bridgehead atoms. The summed E-state index contributed by atoms with van der Waals surface area (Å²) in [7, 11) is 1.86. The summed E-state index contributed by atoms with van der Waals surface area (Å²) in [4.78, 5) is 28.9. The van der Waals surface area contributed by atoms with Gasteiger partial charge in [0.1, 0.15) is 5.82 Å². The van der Waals surface area contributed by atoms with Crippen molar-refractivity contribution in [1.29, 1.82) is 0 Å². The fraction of sp³-hybridized carbons (Fsp3) is 0.320. The minimum absolute atomic E-state index is 0.0480. The molecule has 0 spiro atoms. The number of unbranched alkanes of at least 4 members (excludes halogenated alkanes) is 1. The number of hydrogen-bond donors (Lipinski definition) is 2. The molecule has 2 aromatic carbocycles. The zero-order valence-electron chi connectivity index (χ0n) is 19.3. The van der Waals surface area contributed by atoms with E-state index >= 15 is 0 Å². The summed E-state index contributed by atoms with van der Waals surface area (Å²) in [5, 5.41) is 0. The van der Waals surface area contributed by atoms with E-state index in [-0.39, 0.29) is 12.3 Å². The first kappa shape index (κ1) is 23.8. The Morgan fingerprint density at radius 3 is 2.64 bits per heavy atom. The number of fused-ring (bicyclic) bond motifs is 1. The summed E-state index contributed by atoms with van der Waals surface area (Å²) < 4.78 is 13.3. The molecule has 0 fully saturated rings. The van der Waals surface area contributed by atoms with Gasteiger partial charge in [-0.3, -0.25) is 20.4 Å². The number of benzene rings is 2. The number of carbonyl (C=O) groups is 2. The Bertz CT molecular complexity index is 1140. The molecule has 0 saturated heterocycles. The van der Waals surface area contributed by atoms with Gasteiger partial charge in [0.15, 0.2) is 11.5 Å². The van der Waals surface area contributed by atoms with Crippen LogP contribution < -0.4 is 20.3 Å². The molecule has 3 aromatic rings. The van der Waals surface area contributed by atoms with E-state index in [9.17, 15) is 9.59 Å². The van der Waals surface area contributed by atoms with Gasteiger partial charge in [0.25, 0.3) is 5.91 Å². The Hall–Kier alpha value is -3.81. The lowest BCUT2D eigenvalue weighted by atomic mass is 10.2. The number of hydrogen-bond acceptors (Lipinski definition) is 5. The third-order valence-electron chi connectivity index (χ3n) is 4.97. The fourth-order valence-electron chi connectivity index (χ4n) is 3.23. The van der Waals surface area contributed by atoms with E-state index in [0.717, 1.165) is 29.4 Å². The average molecular weight is 451 g/mol. The molecular formula is C25H30N4O4.